The molecule has 0 radical (unpaired) electrons. The topological polar surface area (TPSA) is 43.4 Å². The van der Waals surface area contributed by atoms with E-state index in [-0.39, 0.29) is 5.97 Å². The molecule has 0 bridgehead atoms. The summed E-state index contributed by atoms with van der Waals surface area (Å²) in [5.74, 6) is -0.338. The van der Waals surface area contributed by atoms with Crippen molar-refractivity contribution in [3.8, 4) is 0 Å². The average Bonchev–Trinajstić information content (AvgIpc) is 1.87. The Bertz CT molecular complexity index is 109. The molecule has 1 atom stereocenters. The van der Waals surface area contributed by atoms with Crippen molar-refractivity contribution < 1.29 is 14.3 Å². The van der Waals surface area contributed by atoms with E-state index >= 15 is 0 Å². The average molecular weight is 130 g/mol. The minimum atomic E-state index is -0.600. The Hall–Kier alpha value is -0.860. The van der Waals surface area contributed by atoms with Crippen molar-refractivity contribution in [3.63, 3.8) is 0 Å². The highest BCUT2D eigenvalue weighted by Gasteiger charge is 2.03. The summed E-state index contributed by atoms with van der Waals surface area (Å²) in [6.45, 7) is 3.21. The number of carbonyl (C=O) groups is 2. The van der Waals surface area contributed by atoms with Crippen LogP contribution in [0.15, 0.2) is 0 Å². The molecule has 0 rings (SSSR count). The quantitative estimate of drug-likeness (QED) is 0.413. The minimum Gasteiger partial charge on any atom is -0.455 e. The van der Waals surface area contributed by atoms with E-state index in [0.717, 1.165) is 0 Å². The van der Waals surface area contributed by atoms with Crippen LogP contribution in [0.4, 0.5) is 0 Å². The third-order valence-corrected chi connectivity index (χ3v) is 0.798. The first-order valence-corrected chi connectivity index (χ1v) is 2.85. The third-order valence-electron chi connectivity index (χ3n) is 0.798. The molecular formula is C6H10O3. The van der Waals surface area contributed by atoms with Crippen LogP contribution >= 0.6 is 0 Å². The molecule has 0 fully saturated rings. The highest BCUT2D eigenvalue weighted by molar-refractivity contribution is 5.71. The zero-order valence-electron chi connectivity index (χ0n) is 5.59. The number of ether oxygens (including phenoxy) is 1. The van der Waals surface area contributed by atoms with Gasteiger partial charge in [0, 0.05) is 6.42 Å². The summed E-state index contributed by atoms with van der Waals surface area (Å²) >= 11 is 0. The zero-order valence-corrected chi connectivity index (χ0v) is 5.59. The summed E-state index contributed by atoms with van der Waals surface area (Å²) in [7, 11) is 0. The van der Waals surface area contributed by atoms with Gasteiger partial charge in [-0.25, -0.2) is 0 Å². The molecule has 0 spiro atoms. The Balaban J connectivity index is 3.46. The first kappa shape index (κ1) is 8.14. The van der Waals surface area contributed by atoms with Gasteiger partial charge in [0.2, 0.25) is 0 Å². The Morgan fingerprint density at radius 1 is 1.78 bits per heavy atom. The molecule has 0 saturated carbocycles. The largest absolute Gasteiger partial charge is 0.455 e. The fourth-order valence-electron chi connectivity index (χ4n) is 0.318. The molecule has 0 aromatic heterocycles. The van der Waals surface area contributed by atoms with E-state index in [1.54, 1.807) is 6.92 Å². The van der Waals surface area contributed by atoms with E-state index in [9.17, 15) is 9.59 Å². The Kier molecular flexibility index (Phi) is 3.67. The lowest BCUT2D eigenvalue weighted by Crippen LogP contribution is -2.14. The van der Waals surface area contributed by atoms with E-state index in [1.165, 1.54) is 6.92 Å². The van der Waals surface area contributed by atoms with Crippen LogP contribution in [0.1, 0.15) is 20.3 Å². The lowest BCUT2D eigenvalue weighted by Gasteiger charge is -2.03. The van der Waals surface area contributed by atoms with Gasteiger partial charge >= 0.3 is 5.97 Å². The van der Waals surface area contributed by atoms with Crippen LogP contribution in [0.5, 0.6) is 0 Å². The molecule has 0 N–H and O–H groups in total. The van der Waals surface area contributed by atoms with Gasteiger partial charge in [0.25, 0.3) is 0 Å². The van der Waals surface area contributed by atoms with E-state index in [4.69, 9.17) is 0 Å². The molecule has 0 aliphatic heterocycles. The smallest absolute Gasteiger partial charge is 0.306 e. The predicted octanol–water partition coefficient (Wildman–Crippen LogP) is 0.527. The van der Waals surface area contributed by atoms with Crippen molar-refractivity contribution in [2.24, 2.45) is 0 Å². The van der Waals surface area contributed by atoms with Crippen LogP contribution in [0, 0.1) is 0 Å². The molecule has 0 aliphatic carbocycles. The van der Waals surface area contributed by atoms with Gasteiger partial charge in [-0.1, -0.05) is 6.92 Å². The second kappa shape index (κ2) is 4.06. The molecule has 3 heteroatoms. The van der Waals surface area contributed by atoms with E-state index in [0.29, 0.717) is 12.7 Å². The summed E-state index contributed by atoms with van der Waals surface area (Å²) in [4.78, 5) is 20.3. The molecular weight excluding hydrogens is 120 g/mol. The van der Waals surface area contributed by atoms with Crippen LogP contribution in [-0.2, 0) is 14.3 Å². The van der Waals surface area contributed by atoms with Crippen LogP contribution in [-0.4, -0.2) is 18.4 Å². The maximum absolute atomic E-state index is 10.4. The first-order chi connectivity index (χ1) is 4.20. The van der Waals surface area contributed by atoms with Crippen molar-refractivity contribution in [3.05, 3.63) is 0 Å². The Morgan fingerprint density at radius 2 is 2.33 bits per heavy atom. The van der Waals surface area contributed by atoms with Gasteiger partial charge in [-0.15, -0.1) is 0 Å². The first-order valence-electron chi connectivity index (χ1n) is 2.85. The van der Waals surface area contributed by atoms with Gasteiger partial charge in [-0.3, -0.25) is 9.59 Å². The summed E-state index contributed by atoms with van der Waals surface area (Å²) in [5.41, 5.74) is 0. The Morgan fingerprint density at radius 3 is 2.67 bits per heavy atom. The number of rotatable bonds is 3. The fraction of sp³-hybridized carbons (Fsp3) is 0.667. The van der Waals surface area contributed by atoms with E-state index in [1.807, 2.05) is 0 Å². The van der Waals surface area contributed by atoms with Crippen molar-refractivity contribution in [2.45, 2.75) is 26.4 Å². The minimum absolute atomic E-state index is 0.318. The molecule has 0 saturated heterocycles. The molecule has 0 aromatic rings. The van der Waals surface area contributed by atoms with Crippen molar-refractivity contribution >= 4 is 12.3 Å². The van der Waals surface area contributed by atoms with Gasteiger partial charge < -0.3 is 4.74 Å². The summed E-state index contributed by atoms with van der Waals surface area (Å²) in [6.07, 6.45) is 0.309. The van der Waals surface area contributed by atoms with Crippen molar-refractivity contribution in [1.82, 2.24) is 0 Å². The van der Waals surface area contributed by atoms with Crippen molar-refractivity contribution in [2.75, 3.05) is 0 Å². The van der Waals surface area contributed by atoms with Crippen molar-refractivity contribution in [1.29, 1.82) is 0 Å². The monoisotopic (exact) mass is 130 g/mol. The van der Waals surface area contributed by atoms with Crippen LogP contribution < -0.4 is 0 Å². The lowest BCUT2D eigenvalue weighted by molar-refractivity contribution is -0.150. The standard InChI is InChI=1S/C6H10O3/c1-3-6(8)9-5(2)4-7/h4-5H,3H2,1-2H3/t5-/m0/s1. The van der Waals surface area contributed by atoms with Gasteiger partial charge in [-0.05, 0) is 6.92 Å². The molecule has 52 valence electrons. The number of hydrogen-bond acceptors (Lipinski definition) is 3. The van der Waals surface area contributed by atoms with Gasteiger partial charge in [-0.2, -0.15) is 0 Å². The van der Waals surface area contributed by atoms with Gasteiger partial charge in [0.15, 0.2) is 12.4 Å². The highest BCUT2D eigenvalue weighted by atomic mass is 16.5. The SMILES string of the molecule is CCC(=O)O[C@@H](C)C=O. The van der Waals surface area contributed by atoms with Crippen LogP contribution in [0.2, 0.25) is 0 Å². The Labute approximate surface area is 54.0 Å². The second-order valence-corrected chi connectivity index (χ2v) is 1.68. The zero-order chi connectivity index (χ0) is 7.28. The number of aldehydes is 1. The lowest BCUT2D eigenvalue weighted by atomic mass is 10.4. The molecule has 0 aliphatic rings. The fourth-order valence-corrected chi connectivity index (χ4v) is 0.318. The third kappa shape index (κ3) is 3.70. The van der Waals surface area contributed by atoms with Gasteiger partial charge in [0.1, 0.15) is 0 Å². The number of carbonyl (C=O) groups excluding carboxylic acids is 2. The highest BCUT2D eigenvalue weighted by Crippen LogP contribution is 1.89. The molecule has 3 nitrogen and oxygen atoms in total. The normalized spacial score (nSPS) is 12.2. The summed E-state index contributed by atoms with van der Waals surface area (Å²) < 4.78 is 4.54. The van der Waals surface area contributed by atoms with E-state index in [2.05, 4.69) is 4.74 Å². The summed E-state index contributed by atoms with van der Waals surface area (Å²) in [5, 5.41) is 0. The molecule has 0 heterocycles. The second-order valence-electron chi connectivity index (χ2n) is 1.68. The number of hydrogen-bond donors (Lipinski definition) is 0. The molecule has 0 unspecified atom stereocenters. The van der Waals surface area contributed by atoms with Crippen LogP contribution in [0.3, 0.4) is 0 Å². The molecule has 0 aromatic carbocycles. The van der Waals surface area contributed by atoms with Crippen LogP contribution in [0.25, 0.3) is 0 Å². The summed E-state index contributed by atoms with van der Waals surface area (Å²) in [6, 6.07) is 0. The number of esters is 1. The molecule has 9 heavy (non-hydrogen) atoms. The van der Waals surface area contributed by atoms with Gasteiger partial charge in [0.05, 0.1) is 0 Å². The maximum Gasteiger partial charge on any atom is 0.306 e. The maximum atomic E-state index is 10.4. The van der Waals surface area contributed by atoms with E-state index < -0.39 is 6.10 Å². The predicted molar refractivity (Wildman–Crippen MR) is 31.9 cm³/mol. The molecule has 0 amide bonds.